The molecule has 0 saturated carbocycles. The van der Waals surface area contributed by atoms with Gasteiger partial charge in [0.15, 0.2) is 5.75 Å². The van der Waals surface area contributed by atoms with Crippen LogP contribution in [0.1, 0.15) is 5.56 Å². The van der Waals surface area contributed by atoms with E-state index in [-0.39, 0.29) is 5.69 Å². The Bertz CT molecular complexity index is 773. The lowest BCUT2D eigenvalue weighted by atomic mass is 10.2. The average Bonchev–Trinajstić information content (AvgIpc) is 2.62. The molecule has 0 N–H and O–H groups in total. The van der Waals surface area contributed by atoms with Crippen LogP contribution in [0.5, 0.6) is 17.2 Å². The van der Waals surface area contributed by atoms with Gasteiger partial charge in [-0.1, -0.05) is 48.5 Å². The van der Waals surface area contributed by atoms with E-state index < -0.39 is 0 Å². The molecule has 0 spiro atoms. The van der Waals surface area contributed by atoms with Gasteiger partial charge in [-0.2, -0.15) is 0 Å². The zero-order valence-electron chi connectivity index (χ0n) is 12.4. The van der Waals surface area contributed by atoms with Crippen molar-refractivity contribution in [3.8, 4) is 17.2 Å². The maximum Gasteiger partial charge on any atom is 0.152 e. The van der Waals surface area contributed by atoms with Gasteiger partial charge in [0, 0.05) is 6.07 Å². The topological polar surface area (TPSA) is 47.9 Å². The van der Waals surface area contributed by atoms with Gasteiger partial charge in [0.05, 0.1) is 0 Å². The molecular formula is C19H15NO3. The maximum atomic E-state index is 10.9. The Labute approximate surface area is 134 Å². The van der Waals surface area contributed by atoms with Crippen molar-refractivity contribution in [3.63, 3.8) is 0 Å². The third-order valence-electron chi connectivity index (χ3n) is 3.25. The van der Waals surface area contributed by atoms with E-state index in [1.165, 1.54) is 0 Å². The maximum absolute atomic E-state index is 10.9. The first-order valence-corrected chi connectivity index (χ1v) is 7.22. The van der Waals surface area contributed by atoms with Crippen molar-refractivity contribution in [1.29, 1.82) is 0 Å². The van der Waals surface area contributed by atoms with Gasteiger partial charge in [-0.25, -0.2) is 0 Å². The van der Waals surface area contributed by atoms with E-state index in [1.54, 1.807) is 18.2 Å². The monoisotopic (exact) mass is 305 g/mol. The Morgan fingerprint density at radius 2 is 1.48 bits per heavy atom. The van der Waals surface area contributed by atoms with Crippen LogP contribution in [-0.4, -0.2) is 0 Å². The van der Waals surface area contributed by atoms with Crippen LogP contribution >= 0.6 is 0 Å². The van der Waals surface area contributed by atoms with Crippen molar-refractivity contribution in [2.75, 3.05) is 0 Å². The van der Waals surface area contributed by atoms with E-state index in [0.29, 0.717) is 23.9 Å². The van der Waals surface area contributed by atoms with Crippen molar-refractivity contribution in [3.05, 3.63) is 89.3 Å². The molecule has 3 aromatic carbocycles. The number of para-hydroxylation sites is 1. The van der Waals surface area contributed by atoms with Crippen LogP contribution < -0.4 is 9.47 Å². The van der Waals surface area contributed by atoms with Crippen molar-refractivity contribution in [2.24, 2.45) is 5.18 Å². The Morgan fingerprint density at radius 1 is 0.783 bits per heavy atom. The van der Waals surface area contributed by atoms with E-state index in [9.17, 15) is 4.91 Å². The summed E-state index contributed by atoms with van der Waals surface area (Å²) in [7, 11) is 0. The summed E-state index contributed by atoms with van der Waals surface area (Å²) in [6, 6.07) is 24.1. The Balaban J connectivity index is 1.77. The van der Waals surface area contributed by atoms with Gasteiger partial charge in [-0.05, 0) is 35.0 Å². The molecule has 0 aliphatic rings. The number of rotatable bonds is 6. The fourth-order valence-corrected chi connectivity index (χ4v) is 2.11. The minimum atomic E-state index is 0.251. The molecule has 23 heavy (non-hydrogen) atoms. The second-order valence-electron chi connectivity index (χ2n) is 4.91. The van der Waals surface area contributed by atoms with Crippen LogP contribution in [0, 0.1) is 4.91 Å². The lowest BCUT2D eigenvalue weighted by Crippen LogP contribution is -1.95. The normalized spacial score (nSPS) is 10.1. The van der Waals surface area contributed by atoms with Gasteiger partial charge in [-0.3, -0.25) is 0 Å². The Hall–Kier alpha value is -3.14. The predicted octanol–water partition coefficient (Wildman–Crippen LogP) is 5.46. The highest BCUT2D eigenvalue weighted by molar-refractivity contribution is 5.55. The first-order chi connectivity index (χ1) is 11.3. The van der Waals surface area contributed by atoms with Gasteiger partial charge >= 0.3 is 0 Å². The summed E-state index contributed by atoms with van der Waals surface area (Å²) in [4.78, 5) is 10.9. The summed E-state index contributed by atoms with van der Waals surface area (Å²) in [6.07, 6.45) is 0. The van der Waals surface area contributed by atoms with Crippen molar-refractivity contribution >= 4 is 5.69 Å². The number of nitroso groups, excluding NO2 is 1. The molecule has 114 valence electrons. The molecule has 0 fully saturated rings. The summed E-state index contributed by atoms with van der Waals surface area (Å²) >= 11 is 0. The lowest BCUT2D eigenvalue weighted by molar-refractivity contribution is 0.306. The van der Waals surface area contributed by atoms with Crippen molar-refractivity contribution < 1.29 is 9.47 Å². The summed E-state index contributed by atoms with van der Waals surface area (Å²) in [5.74, 6) is 1.71. The van der Waals surface area contributed by atoms with E-state index in [1.807, 2.05) is 60.7 Å². The highest BCUT2D eigenvalue weighted by Crippen LogP contribution is 2.34. The third-order valence-corrected chi connectivity index (χ3v) is 3.25. The fraction of sp³-hybridized carbons (Fsp3) is 0.0526. The quantitative estimate of drug-likeness (QED) is 0.568. The van der Waals surface area contributed by atoms with Gasteiger partial charge in [0.1, 0.15) is 23.8 Å². The molecule has 0 atom stereocenters. The van der Waals surface area contributed by atoms with Gasteiger partial charge in [0.25, 0.3) is 0 Å². The van der Waals surface area contributed by atoms with Crippen LogP contribution in [0.25, 0.3) is 0 Å². The van der Waals surface area contributed by atoms with Crippen LogP contribution in [0.2, 0.25) is 0 Å². The molecule has 0 saturated heterocycles. The SMILES string of the molecule is O=Nc1ccc(Oc2ccccc2)cc1OCc1ccccc1. The molecule has 0 aromatic heterocycles. The zero-order chi connectivity index (χ0) is 15.9. The Kier molecular flexibility index (Phi) is 4.64. The highest BCUT2D eigenvalue weighted by atomic mass is 16.5. The Morgan fingerprint density at radius 3 is 2.17 bits per heavy atom. The summed E-state index contributed by atoms with van der Waals surface area (Å²) < 4.78 is 11.5. The molecule has 0 aliphatic carbocycles. The largest absolute Gasteiger partial charge is 0.486 e. The molecule has 0 amide bonds. The highest BCUT2D eigenvalue weighted by Gasteiger charge is 2.08. The number of hydrogen-bond donors (Lipinski definition) is 0. The molecule has 3 aromatic rings. The van der Waals surface area contributed by atoms with Gasteiger partial charge < -0.3 is 9.47 Å². The average molecular weight is 305 g/mol. The zero-order valence-corrected chi connectivity index (χ0v) is 12.4. The third kappa shape index (κ3) is 3.95. The van der Waals surface area contributed by atoms with E-state index in [0.717, 1.165) is 5.56 Å². The molecule has 0 heterocycles. The van der Waals surface area contributed by atoms with Crippen molar-refractivity contribution in [2.45, 2.75) is 6.61 Å². The number of benzene rings is 3. The van der Waals surface area contributed by atoms with E-state index in [2.05, 4.69) is 5.18 Å². The fourth-order valence-electron chi connectivity index (χ4n) is 2.11. The number of hydrogen-bond acceptors (Lipinski definition) is 4. The van der Waals surface area contributed by atoms with Crippen LogP contribution in [-0.2, 0) is 6.61 Å². The molecule has 4 nitrogen and oxygen atoms in total. The molecular weight excluding hydrogens is 290 g/mol. The predicted molar refractivity (Wildman–Crippen MR) is 89.2 cm³/mol. The standard InChI is InChI=1S/C19H15NO3/c21-20-18-12-11-17(23-16-9-5-2-6-10-16)13-19(18)22-14-15-7-3-1-4-8-15/h1-13H,14H2. The van der Waals surface area contributed by atoms with E-state index >= 15 is 0 Å². The minimum absolute atomic E-state index is 0.251. The first kappa shape index (κ1) is 14.8. The molecule has 0 aliphatic heterocycles. The van der Waals surface area contributed by atoms with Crippen LogP contribution in [0.4, 0.5) is 5.69 Å². The molecule has 4 heteroatoms. The van der Waals surface area contributed by atoms with Gasteiger partial charge in [0.2, 0.25) is 0 Å². The second-order valence-corrected chi connectivity index (χ2v) is 4.91. The smallest absolute Gasteiger partial charge is 0.152 e. The molecule has 3 rings (SSSR count). The first-order valence-electron chi connectivity index (χ1n) is 7.22. The summed E-state index contributed by atoms with van der Waals surface area (Å²) in [5.41, 5.74) is 1.26. The minimum Gasteiger partial charge on any atom is -0.486 e. The molecule has 0 unspecified atom stereocenters. The number of ether oxygens (including phenoxy) is 2. The lowest BCUT2D eigenvalue weighted by Gasteiger charge is -2.11. The summed E-state index contributed by atoms with van der Waals surface area (Å²) in [5, 5.41) is 3.00. The second kappa shape index (κ2) is 7.22. The van der Waals surface area contributed by atoms with Crippen molar-refractivity contribution in [1.82, 2.24) is 0 Å². The van der Waals surface area contributed by atoms with E-state index in [4.69, 9.17) is 9.47 Å². The van der Waals surface area contributed by atoms with Crippen LogP contribution in [0.15, 0.2) is 84.0 Å². The molecule has 0 bridgehead atoms. The molecule has 0 radical (unpaired) electrons. The van der Waals surface area contributed by atoms with Gasteiger partial charge in [-0.15, -0.1) is 4.91 Å². The number of nitrogens with zero attached hydrogens (tertiary/aromatic N) is 1. The summed E-state index contributed by atoms with van der Waals surface area (Å²) in [6.45, 7) is 0.359. The van der Waals surface area contributed by atoms with Crippen LogP contribution in [0.3, 0.4) is 0 Å².